The fraction of sp³-hybridized carbons (Fsp3) is 0.872. The molecule has 12 nitrogen and oxygen atoms in total. The summed E-state index contributed by atoms with van der Waals surface area (Å²) in [7, 11) is 0. The van der Waals surface area contributed by atoms with Crippen molar-refractivity contribution < 1.29 is 14.3 Å². The topological polar surface area (TPSA) is 137 Å². The molecule has 0 atom stereocenters. The number of hydrogen-bond donors (Lipinski definition) is 2. The third-order valence-electron chi connectivity index (χ3n) is 9.05. The predicted molar refractivity (Wildman–Crippen MR) is 208 cm³/mol. The van der Waals surface area contributed by atoms with Gasteiger partial charge in [0.05, 0.1) is 6.54 Å². The fourth-order valence-corrected chi connectivity index (χ4v) is 5.96. The van der Waals surface area contributed by atoms with Crippen LogP contribution in [0.5, 0.6) is 0 Å². The number of aromatic nitrogens is 3. The SMILES string of the molecule is CC(C)CCCCCCn1c(=O)n(CCCCCCNC(=O)N(CCOC(=O)NCC(C)C)C(C)(C)C)c(=O)n(CCCCCCC(C)C)c1=O. The second-order valence-electron chi connectivity index (χ2n) is 16.4. The maximum Gasteiger partial charge on any atom is 0.407 e. The molecule has 296 valence electrons. The van der Waals surface area contributed by atoms with Crippen molar-refractivity contribution in [2.75, 3.05) is 26.2 Å². The first kappa shape index (κ1) is 46.0. The van der Waals surface area contributed by atoms with Gasteiger partial charge in [-0.2, -0.15) is 0 Å². The van der Waals surface area contributed by atoms with Crippen LogP contribution >= 0.6 is 0 Å². The molecule has 1 heterocycles. The van der Waals surface area contributed by atoms with Crippen LogP contribution < -0.4 is 27.7 Å². The zero-order chi connectivity index (χ0) is 38.4. The molecule has 0 radical (unpaired) electrons. The Morgan fingerprint density at radius 3 is 1.41 bits per heavy atom. The van der Waals surface area contributed by atoms with Crippen LogP contribution in [-0.2, 0) is 24.4 Å². The molecule has 0 spiro atoms. The summed E-state index contributed by atoms with van der Waals surface area (Å²) < 4.78 is 9.07. The smallest absolute Gasteiger partial charge is 0.407 e. The van der Waals surface area contributed by atoms with E-state index in [4.69, 9.17) is 4.74 Å². The van der Waals surface area contributed by atoms with Crippen molar-refractivity contribution in [3.63, 3.8) is 0 Å². The van der Waals surface area contributed by atoms with Gasteiger partial charge in [-0.1, -0.05) is 106 Å². The molecule has 0 bridgehead atoms. The van der Waals surface area contributed by atoms with E-state index >= 15 is 0 Å². The van der Waals surface area contributed by atoms with Gasteiger partial charge in [-0.3, -0.25) is 0 Å². The average Bonchev–Trinajstić information content (AvgIpc) is 3.04. The van der Waals surface area contributed by atoms with Gasteiger partial charge in [0.2, 0.25) is 0 Å². The molecule has 0 aliphatic heterocycles. The standard InChI is InChI=1S/C39H74N6O6/c1-31(2)22-16-10-13-19-25-42-36(48)43(26-20-14-11-17-23-32(3)4)38(50)44(37(42)49)27-21-15-12-18-24-40-34(46)45(39(7,8)9)28-29-51-35(47)41-30-33(5)6/h31-33H,10-30H2,1-9H3,(H,40,46)(H,41,47). The van der Waals surface area contributed by atoms with E-state index in [1.807, 2.05) is 34.6 Å². The summed E-state index contributed by atoms with van der Waals surface area (Å²) in [6.07, 6.45) is 12.6. The van der Waals surface area contributed by atoms with Crippen molar-refractivity contribution in [3.8, 4) is 0 Å². The lowest BCUT2D eigenvalue weighted by atomic mass is 10.0. The summed E-state index contributed by atoms with van der Waals surface area (Å²) in [5.41, 5.74) is -1.95. The molecule has 0 aromatic carbocycles. The number of amides is 3. The van der Waals surface area contributed by atoms with E-state index in [0.717, 1.165) is 70.6 Å². The van der Waals surface area contributed by atoms with Crippen LogP contribution in [-0.4, -0.2) is 62.5 Å². The van der Waals surface area contributed by atoms with Gasteiger partial charge in [-0.15, -0.1) is 0 Å². The molecule has 0 saturated heterocycles. The molecule has 0 aliphatic carbocycles. The van der Waals surface area contributed by atoms with Gasteiger partial charge >= 0.3 is 29.2 Å². The van der Waals surface area contributed by atoms with E-state index < -0.39 is 28.7 Å². The monoisotopic (exact) mass is 723 g/mol. The molecule has 0 fully saturated rings. The van der Waals surface area contributed by atoms with Crippen molar-refractivity contribution in [2.45, 2.75) is 177 Å². The van der Waals surface area contributed by atoms with Gasteiger partial charge in [0.15, 0.2) is 0 Å². The molecular weight excluding hydrogens is 648 g/mol. The van der Waals surface area contributed by atoms with Crippen LogP contribution in [0, 0.1) is 17.8 Å². The zero-order valence-corrected chi connectivity index (χ0v) is 33.8. The number of hydrogen-bond acceptors (Lipinski definition) is 6. The molecule has 0 saturated carbocycles. The van der Waals surface area contributed by atoms with E-state index in [2.05, 4.69) is 38.3 Å². The van der Waals surface area contributed by atoms with Crippen LogP contribution in [0.4, 0.5) is 9.59 Å². The number of ether oxygens (including phenoxy) is 1. The number of rotatable bonds is 26. The van der Waals surface area contributed by atoms with E-state index in [1.54, 1.807) is 4.90 Å². The summed E-state index contributed by atoms with van der Waals surface area (Å²) in [6.45, 7) is 21.0. The maximum atomic E-state index is 13.4. The quantitative estimate of drug-likeness (QED) is 0.0977. The highest BCUT2D eigenvalue weighted by Gasteiger charge is 2.26. The summed E-state index contributed by atoms with van der Waals surface area (Å²) in [5, 5.41) is 5.68. The Bertz CT molecular complexity index is 1250. The molecule has 12 heteroatoms. The van der Waals surface area contributed by atoms with E-state index in [9.17, 15) is 24.0 Å². The lowest BCUT2D eigenvalue weighted by Crippen LogP contribution is -2.54. The number of unbranched alkanes of at least 4 members (excludes halogenated alkanes) is 9. The van der Waals surface area contributed by atoms with Gasteiger partial charge in [0.1, 0.15) is 6.61 Å². The Morgan fingerprint density at radius 1 is 0.608 bits per heavy atom. The van der Waals surface area contributed by atoms with Crippen molar-refractivity contribution in [1.82, 2.24) is 29.2 Å². The van der Waals surface area contributed by atoms with Gasteiger partial charge in [0.25, 0.3) is 0 Å². The highest BCUT2D eigenvalue weighted by molar-refractivity contribution is 5.75. The Hall–Kier alpha value is -3.05. The maximum absolute atomic E-state index is 13.4. The molecule has 2 N–H and O–H groups in total. The van der Waals surface area contributed by atoms with Crippen LogP contribution in [0.15, 0.2) is 14.4 Å². The molecule has 1 aromatic rings. The molecular formula is C39H74N6O6. The van der Waals surface area contributed by atoms with Crippen LogP contribution in [0.3, 0.4) is 0 Å². The highest BCUT2D eigenvalue weighted by atomic mass is 16.5. The Morgan fingerprint density at radius 2 is 1.02 bits per heavy atom. The first-order valence-electron chi connectivity index (χ1n) is 20.0. The molecule has 0 aliphatic rings. The second-order valence-corrected chi connectivity index (χ2v) is 16.4. The number of carbonyl (C=O) groups excluding carboxylic acids is 2. The first-order valence-corrected chi connectivity index (χ1v) is 20.0. The molecule has 3 amide bonds. The Labute approximate surface area is 308 Å². The minimum atomic E-state index is -0.503. The summed E-state index contributed by atoms with van der Waals surface area (Å²) in [4.78, 5) is 66.8. The summed E-state index contributed by atoms with van der Waals surface area (Å²) in [6, 6.07) is -0.220. The Balaban J connectivity index is 2.74. The fourth-order valence-electron chi connectivity index (χ4n) is 5.96. The van der Waals surface area contributed by atoms with Crippen LogP contribution in [0.25, 0.3) is 0 Å². The Kier molecular flexibility index (Phi) is 22.5. The average molecular weight is 723 g/mol. The molecule has 1 aromatic heterocycles. The number of carbonyl (C=O) groups is 2. The minimum Gasteiger partial charge on any atom is -0.448 e. The lowest BCUT2D eigenvalue weighted by Gasteiger charge is -2.35. The van der Waals surface area contributed by atoms with Crippen molar-refractivity contribution in [2.24, 2.45) is 17.8 Å². The lowest BCUT2D eigenvalue weighted by molar-refractivity contribution is 0.101. The third-order valence-corrected chi connectivity index (χ3v) is 9.05. The summed E-state index contributed by atoms with van der Waals surface area (Å²) >= 11 is 0. The number of nitrogens with zero attached hydrogens (tertiary/aromatic N) is 4. The molecule has 51 heavy (non-hydrogen) atoms. The zero-order valence-electron chi connectivity index (χ0n) is 33.8. The van der Waals surface area contributed by atoms with Crippen molar-refractivity contribution in [1.29, 1.82) is 0 Å². The van der Waals surface area contributed by atoms with E-state index in [0.29, 0.717) is 50.4 Å². The van der Waals surface area contributed by atoms with Crippen molar-refractivity contribution in [3.05, 3.63) is 31.5 Å². The van der Waals surface area contributed by atoms with Gasteiger partial charge in [-0.25, -0.2) is 37.7 Å². The number of nitrogens with one attached hydrogen (secondary N) is 2. The second kappa shape index (κ2) is 25.0. The number of urea groups is 1. The van der Waals surface area contributed by atoms with Crippen LogP contribution in [0.2, 0.25) is 0 Å². The van der Waals surface area contributed by atoms with Gasteiger partial charge in [-0.05, 0) is 64.2 Å². The highest BCUT2D eigenvalue weighted by Crippen LogP contribution is 2.14. The largest absolute Gasteiger partial charge is 0.448 e. The van der Waals surface area contributed by atoms with Crippen molar-refractivity contribution >= 4 is 12.1 Å². The van der Waals surface area contributed by atoms with Gasteiger partial charge < -0.3 is 20.3 Å². The van der Waals surface area contributed by atoms with Gasteiger partial charge in [0, 0.05) is 38.3 Å². The first-order chi connectivity index (χ1) is 24.1. The van der Waals surface area contributed by atoms with E-state index in [-0.39, 0.29) is 25.7 Å². The number of alkyl carbamates (subject to hydrolysis) is 1. The van der Waals surface area contributed by atoms with Crippen LogP contribution in [0.1, 0.15) is 152 Å². The molecule has 0 unspecified atom stereocenters. The van der Waals surface area contributed by atoms with E-state index in [1.165, 1.54) is 26.5 Å². The molecule has 1 rings (SSSR count). The predicted octanol–water partition coefficient (Wildman–Crippen LogP) is 7.14. The summed E-state index contributed by atoms with van der Waals surface area (Å²) in [5.74, 6) is 1.65. The third kappa shape index (κ3) is 19.4. The minimum absolute atomic E-state index is 0.0968. The normalized spacial score (nSPS) is 11.8.